The average molecular weight is 282 g/mol. The monoisotopic (exact) mass is 281 g/mol. The molecule has 0 bridgehead atoms. The minimum absolute atomic E-state index is 0.111. The molecule has 100 valence electrons. The smallest absolute Gasteiger partial charge is 0.390 e. The van der Waals surface area contributed by atoms with Crippen LogP contribution in [0.2, 0.25) is 5.02 Å². The van der Waals surface area contributed by atoms with Gasteiger partial charge in [-0.15, -0.1) is 0 Å². The molecule has 0 aromatic heterocycles. The molecule has 7 heteroatoms. The van der Waals surface area contributed by atoms with Gasteiger partial charge in [0.25, 0.3) is 0 Å². The van der Waals surface area contributed by atoms with Gasteiger partial charge in [-0.3, -0.25) is 0 Å². The Bertz CT molecular complexity index is 437. The van der Waals surface area contributed by atoms with Crippen LogP contribution in [0.4, 0.5) is 13.2 Å². The largest absolute Gasteiger partial charge is 0.454 e. The predicted molar refractivity (Wildman–Crippen MR) is 60.0 cm³/mol. The molecule has 0 saturated heterocycles. The Hall–Kier alpha value is -1.14. The Morgan fingerprint density at radius 1 is 1.28 bits per heavy atom. The second-order valence-corrected chi connectivity index (χ2v) is 4.26. The van der Waals surface area contributed by atoms with E-state index in [9.17, 15) is 13.2 Å². The zero-order chi connectivity index (χ0) is 13.2. The highest BCUT2D eigenvalue weighted by Crippen LogP contribution is 2.39. The van der Waals surface area contributed by atoms with Crippen LogP contribution >= 0.6 is 11.6 Å². The van der Waals surface area contributed by atoms with E-state index in [1.807, 2.05) is 0 Å². The van der Waals surface area contributed by atoms with E-state index in [-0.39, 0.29) is 13.3 Å². The highest BCUT2D eigenvalue weighted by molar-refractivity contribution is 6.32. The summed E-state index contributed by atoms with van der Waals surface area (Å²) in [5, 5.41) is 3.10. The normalized spacial score (nSPS) is 14.0. The highest BCUT2D eigenvalue weighted by atomic mass is 35.5. The van der Waals surface area contributed by atoms with E-state index >= 15 is 0 Å². The summed E-state index contributed by atoms with van der Waals surface area (Å²) in [5.41, 5.74) is 0.756. The predicted octanol–water partition coefficient (Wildman–Crippen LogP) is 3.11. The first-order valence-corrected chi connectivity index (χ1v) is 5.69. The Balaban J connectivity index is 1.89. The minimum atomic E-state index is -4.14. The van der Waals surface area contributed by atoms with E-state index in [1.165, 1.54) is 0 Å². The molecule has 18 heavy (non-hydrogen) atoms. The van der Waals surface area contributed by atoms with Gasteiger partial charge in [-0.1, -0.05) is 11.6 Å². The molecule has 1 heterocycles. The lowest BCUT2D eigenvalue weighted by Gasteiger charge is -2.08. The molecule has 0 amide bonds. The second-order valence-electron chi connectivity index (χ2n) is 3.85. The quantitative estimate of drug-likeness (QED) is 0.860. The summed E-state index contributed by atoms with van der Waals surface area (Å²) in [7, 11) is 0. The van der Waals surface area contributed by atoms with Crippen LogP contribution in [0.1, 0.15) is 12.0 Å². The molecule has 0 unspecified atom stereocenters. The molecule has 1 aromatic rings. The first kappa shape index (κ1) is 13.3. The van der Waals surface area contributed by atoms with Gasteiger partial charge >= 0.3 is 6.18 Å². The van der Waals surface area contributed by atoms with E-state index in [4.69, 9.17) is 21.1 Å². The molecule has 0 spiro atoms. The van der Waals surface area contributed by atoms with Crippen LogP contribution in [0.3, 0.4) is 0 Å². The van der Waals surface area contributed by atoms with Crippen molar-refractivity contribution in [2.45, 2.75) is 19.1 Å². The zero-order valence-electron chi connectivity index (χ0n) is 9.31. The lowest BCUT2D eigenvalue weighted by Crippen LogP contribution is -2.21. The fraction of sp³-hybridized carbons (Fsp3) is 0.455. The van der Waals surface area contributed by atoms with Gasteiger partial charge in [-0.25, -0.2) is 0 Å². The molecule has 0 radical (unpaired) electrons. The van der Waals surface area contributed by atoms with Crippen LogP contribution in [-0.4, -0.2) is 19.5 Å². The van der Waals surface area contributed by atoms with Crippen molar-refractivity contribution in [1.29, 1.82) is 0 Å². The van der Waals surface area contributed by atoms with Crippen molar-refractivity contribution < 1.29 is 22.6 Å². The third-order valence-corrected chi connectivity index (χ3v) is 2.68. The fourth-order valence-corrected chi connectivity index (χ4v) is 1.87. The van der Waals surface area contributed by atoms with Crippen molar-refractivity contribution in [1.82, 2.24) is 5.32 Å². The number of nitrogens with one attached hydrogen (secondary N) is 1. The topological polar surface area (TPSA) is 30.5 Å². The van der Waals surface area contributed by atoms with Crippen LogP contribution in [-0.2, 0) is 6.54 Å². The van der Waals surface area contributed by atoms with E-state index < -0.39 is 12.6 Å². The maximum atomic E-state index is 11.9. The lowest BCUT2D eigenvalue weighted by atomic mass is 10.2. The molecule has 1 aliphatic heterocycles. The number of fused-ring (bicyclic) bond motifs is 1. The SMILES string of the molecule is FC(F)(F)CCNCc1cc(Cl)c2c(c1)OCO2. The van der Waals surface area contributed by atoms with E-state index in [1.54, 1.807) is 12.1 Å². The molecule has 1 aliphatic rings. The molecule has 1 N–H and O–H groups in total. The third-order valence-electron chi connectivity index (χ3n) is 2.40. The summed E-state index contributed by atoms with van der Waals surface area (Å²) < 4.78 is 46.1. The second kappa shape index (κ2) is 5.24. The van der Waals surface area contributed by atoms with Crippen molar-refractivity contribution >= 4 is 11.6 Å². The van der Waals surface area contributed by atoms with Crippen molar-refractivity contribution in [2.75, 3.05) is 13.3 Å². The van der Waals surface area contributed by atoms with Crippen molar-refractivity contribution in [3.8, 4) is 11.5 Å². The molecule has 0 aliphatic carbocycles. The van der Waals surface area contributed by atoms with Gasteiger partial charge in [-0.05, 0) is 17.7 Å². The lowest BCUT2D eigenvalue weighted by molar-refractivity contribution is -0.133. The van der Waals surface area contributed by atoms with Crippen LogP contribution in [0.5, 0.6) is 11.5 Å². The number of alkyl halides is 3. The van der Waals surface area contributed by atoms with Crippen molar-refractivity contribution in [3.05, 3.63) is 22.7 Å². The number of ether oxygens (including phenoxy) is 2. The molecule has 0 fully saturated rings. The average Bonchev–Trinajstić information content (AvgIpc) is 2.71. The fourth-order valence-electron chi connectivity index (χ4n) is 1.59. The zero-order valence-corrected chi connectivity index (χ0v) is 10.1. The summed E-state index contributed by atoms with van der Waals surface area (Å²) >= 11 is 5.95. The van der Waals surface area contributed by atoms with E-state index in [2.05, 4.69) is 5.32 Å². The van der Waals surface area contributed by atoms with Gasteiger partial charge in [0.2, 0.25) is 6.79 Å². The van der Waals surface area contributed by atoms with Crippen LogP contribution in [0, 0.1) is 0 Å². The maximum absolute atomic E-state index is 11.9. The Morgan fingerprint density at radius 2 is 2.06 bits per heavy atom. The number of hydrogen-bond acceptors (Lipinski definition) is 3. The molecule has 0 atom stereocenters. The minimum Gasteiger partial charge on any atom is -0.454 e. The number of benzene rings is 1. The first-order valence-electron chi connectivity index (χ1n) is 5.31. The number of halogens is 4. The first-order chi connectivity index (χ1) is 8.46. The Labute approximate surface area is 107 Å². The summed E-state index contributed by atoms with van der Waals surface area (Å²) in [6.45, 7) is 0.280. The van der Waals surface area contributed by atoms with Crippen LogP contribution in [0.25, 0.3) is 0 Å². The standard InChI is InChI=1S/C11H11ClF3NO2/c12-8-3-7(4-9-10(8)18-6-17-9)5-16-2-1-11(13,14)15/h3-4,16H,1-2,5-6H2. The maximum Gasteiger partial charge on any atom is 0.390 e. The Morgan fingerprint density at radius 3 is 2.78 bits per heavy atom. The van der Waals surface area contributed by atoms with Gasteiger partial charge < -0.3 is 14.8 Å². The summed E-state index contributed by atoms with van der Waals surface area (Å²) in [6.07, 6.45) is -5.00. The summed E-state index contributed by atoms with van der Waals surface area (Å²) in [6, 6.07) is 3.35. The van der Waals surface area contributed by atoms with Gasteiger partial charge in [0.05, 0.1) is 11.4 Å². The van der Waals surface area contributed by atoms with Crippen LogP contribution < -0.4 is 14.8 Å². The van der Waals surface area contributed by atoms with E-state index in [0.717, 1.165) is 5.56 Å². The van der Waals surface area contributed by atoms with Gasteiger partial charge in [0, 0.05) is 13.1 Å². The molecule has 0 saturated carbocycles. The summed E-state index contributed by atoms with van der Waals surface area (Å²) in [5.74, 6) is 1.01. The number of hydrogen-bond donors (Lipinski definition) is 1. The number of rotatable bonds is 4. The van der Waals surface area contributed by atoms with Gasteiger partial charge in [0.15, 0.2) is 11.5 Å². The van der Waals surface area contributed by atoms with Gasteiger partial charge in [0.1, 0.15) is 0 Å². The van der Waals surface area contributed by atoms with Crippen LogP contribution in [0.15, 0.2) is 12.1 Å². The summed E-state index contributed by atoms with van der Waals surface area (Å²) in [4.78, 5) is 0. The van der Waals surface area contributed by atoms with Crippen molar-refractivity contribution in [3.63, 3.8) is 0 Å². The Kier molecular flexibility index (Phi) is 3.87. The molecular weight excluding hydrogens is 271 g/mol. The molecule has 2 rings (SSSR count). The van der Waals surface area contributed by atoms with E-state index in [0.29, 0.717) is 23.1 Å². The third kappa shape index (κ3) is 3.43. The molecular formula is C11H11ClF3NO2. The van der Waals surface area contributed by atoms with Gasteiger partial charge in [-0.2, -0.15) is 13.2 Å². The van der Waals surface area contributed by atoms with Crippen molar-refractivity contribution in [2.24, 2.45) is 0 Å². The molecule has 1 aromatic carbocycles. The molecule has 3 nitrogen and oxygen atoms in total. The highest BCUT2D eigenvalue weighted by Gasteiger charge is 2.26.